The van der Waals surface area contributed by atoms with Gasteiger partial charge < -0.3 is 25.2 Å². The Bertz CT molecular complexity index is 144. The Morgan fingerprint density at radius 2 is 1.82 bits per heavy atom. The van der Waals surface area contributed by atoms with Gasteiger partial charge in [-0.2, -0.15) is 0 Å². The lowest BCUT2D eigenvalue weighted by molar-refractivity contribution is 0.163. The predicted molar refractivity (Wildman–Crippen MR) is 35.5 cm³/mol. The van der Waals surface area contributed by atoms with Gasteiger partial charge in [0.25, 0.3) is 0 Å². The molecule has 0 aromatic heterocycles. The molecule has 0 bridgehead atoms. The number of nitrogens with two attached hydrogens (primary N) is 1. The highest BCUT2D eigenvalue weighted by Crippen LogP contribution is 2.25. The number of ether oxygens (including phenoxy) is 1. The van der Waals surface area contributed by atoms with Gasteiger partial charge >= 0.3 is 13.9 Å². The molecule has 0 aromatic carbocycles. The summed E-state index contributed by atoms with van der Waals surface area (Å²) in [7, 11) is -4.64. The van der Waals surface area contributed by atoms with E-state index in [1.165, 1.54) is 0 Å². The zero-order valence-corrected chi connectivity index (χ0v) is 6.69. The summed E-state index contributed by atoms with van der Waals surface area (Å²) in [6.07, 6.45) is -0.711. The van der Waals surface area contributed by atoms with Gasteiger partial charge in [0.2, 0.25) is 0 Å². The molecule has 0 aliphatic carbocycles. The molecule has 68 valence electrons. The molecule has 0 aliphatic rings. The molecule has 0 rings (SSSR count). The second-order valence-electron chi connectivity index (χ2n) is 1.27. The Labute approximate surface area is 63.0 Å². The highest BCUT2D eigenvalue weighted by molar-refractivity contribution is 7.45. The third kappa shape index (κ3) is 90.2. The highest BCUT2D eigenvalue weighted by Gasteiger charge is 2.00. The van der Waals surface area contributed by atoms with Crippen molar-refractivity contribution in [1.29, 1.82) is 0 Å². The van der Waals surface area contributed by atoms with Crippen LogP contribution in [0.5, 0.6) is 0 Å². The smallest absolute Gasteiger partial charge is 0.450 e. The van der Waals surface area contributed by atoms with Crippen molar-refractivity contribution in [1.82, 2.24) is 0 Å². The number of hydrogen-bond donors (Lipinski definition) is 4. The molecule has 0 saturated carbocycles. The SMILES string of the molecule is CCOC(N)=O.O=P(O)(O)O. The van der Waals surface area contributed by atoms with Crippen molar-refractivity contribution >= 4 is 13.9 Å². The second kappa shape index (κ2) is 6.11. The van der Waals surface area contributed by atoms with Gasteiger partial charge in [0, 0.05) is 0 Å². The van der Waals surface area contributed by atoms with Gasteiger partial charge in [-0.15, -0.1) is 0 Å². The average Bonchev–Trinajstić information content (AvgIpc) is 1.58. The van der Waals surface area contributed by atoms with Crippen LogP contribution in [0.4, 0.5) is 4.79 Å². The predicted octanol–water partition coefficient (Wildman–Crippen LogP) is -0.827. The summed E-state index contributed by atoms with van der Waals surface area (Å²) >= 11 is 0. The molecular formula is C3H10NO6P. The molecule has 8 heteroatoms. The first-order valence-corrected chi connectivity index (χ1v) is 4.04. The summed E-state index contributed by atoms with van der Waals surface area (Å²) < 4.78 is 13.1. The number of amides is 1. The number of rotatable bonds is 1. The summed E-state index contributed by atoms with van der Waals surface area (Å²) in [5.41, 5.74) is 4.54. The van der Waals surface area contributed by atoms with Crippen LogP contribution in [0.3, 0.4) is 0 Å². The summed E-state index contributed by atoms with van der Waals surface area (Å²) in [5, 5.41) is 0. The first-order valence-electron chi connectivity index (χ1n) is 2.48. The average molecular weight is 187 g/mol. The van der Waals surface area contributed by atoms with E-state index in [9.17, 15) is 4.79 Å². The zero-order valence-electron chi connectivity index (χ0n) is 5.80. The van der Waals surface area contributed by atoms with Crippen molar-refractivity contribution in [2.75, 3.05) is 6.61 Å². The van der Waals surface area contributed by atoms with Crippen molar-refractivity contribution in [3.05, 3.63) is 0 Å². The van der Waals surface area contributed by atoms with E-state index in [2.05, 4.69) is 10.5 Å². The summed E-state index contributed by atoms with van der Waals surface area (Å²) in [6, 6.07) is 0. The lowest BCUT2D eigenvalue weighted by Gasteiger charge is -1.89. The Kier molecular flexibility index (Phi) is 7.23. The third-order valence-corrected chi connectivity index (χ3v) is 0.287. The van der Waals surface area contributed by atoms with Gasteiger partial charge in [0.15, 0.2) is 0 Å². The Balaban J connectivity index is 0. The van der Waals surface area contributed by atoms with E-state index in [4.69, 9.17) is 19.2 Å². The molecule has 0 saturated heterocycles. The van der Waals surface area contributed by atoms with Gasteiger partial charge in [-0.3, -0.25) is 0 Å². The fourth-order valence-electron chi connectivity index (χ4n) is 0.142. The van der Waals surface area contributed by atoms with Crippen LogP contribution >= 0.6 is 7.82 Å². The molecule has 7 nitrogen and oxygen atoms in total. The number of carbonyl (C=O) groups is 1. The molecular weight excluding hydrogens is 177 g/mol. The van der Waals surface area contributed by atoms with Crippen molar-refractivity contribution < 1.29 is 28.8 Å². The molecule has 0 fully saturated rings. The van der Waals surface area contributed by atoms with Crippen molar-refractivity contribution in [3.63, 3.8) is 0 Å². The minimum absolute atomic E-state index is 0.356. The van der Waals surface area contributed by atoms with Crippen LogP contribution in [0.25, 0.3) is 0 Å². The van der Waals surface area contributed by atoms with Crippen LogP contribution < -0.4 is 5.73 Å². The zero-order chi connectivity index (χ0) is 9.49. The van der Waals surface area contributed by atoms with E-state index >= 15 is 0 Å². The molecule has 0 radical (unpaired) electrons. The molecule has 0 unspecified atom stereocenters. The van der Waals surface area contributed by atoms with Crippen molar-refractivity contribution in [2.45, 2.75) is 6.92 Å². The van der Waals surface area contributed by atoms with Gasteiger partial charge in [-0.1, -0.05) is 0 Å². The Hall–Kier alpha value is -0.620. The van der Waals surface area contributed by atoms with E-state index < -0.39 is 13.9 Å². The summed E-state index contributed by atoms with van der Waals surface area (Å²) in [6.45, 7) is 2.06. The molecule has 0 aliphatic heterocycles. The van der Waals surface area contributed by atoms with Crippen molar-refractivity contribution in [3.8, 4) is 0 Å². The fraction of sp³-hybridized carbons (Fsp3) is 0.667. The van der Waals surface area contributed by atoms with Crippen LogP contribution in [0, 0.1) is 0 Å². The maximum atomic E-state index is 9.60. The van der Waals surface area contributed by atoms with E-state index in [-0.39, 0.29) is 0 Å². The van der Waals surface area contributed by atoms with Crippen LogP contribution in [0.2, 0.25) is 0 Å². The summed E-state index contributed by atoms with van der Waals surface area (Å²) in [4.78, 5) is 31.2. The van der Waals surface area contributed by atoms with Gasteiger partial charge in [0.05, 0.1) is 6.61 Å². The maximum absolute atomic E-state index is 9.60. The largest absolute Gasteiger partial charge is 0.466 e. The Morgan fingerprint density at radius 3 is 1.82 bits per heavy atom. The maximum Gasteiger partial charge on any atom is 0.466 e. The number of carbonyl (C=O) groups excluding carboxylic acids is 1. The highest BCUT2D eigenvalue weighted by atomic mass is 31.2. The minimum Gasteiger partial charge on any atom is -0.450 e. The number of primary amides is 1. The molecule has 0 aromatic rings. The fourth-order valence-corrected chi connectivity index (χ4v) is 0.142. The van der Waals surface area contributed by atoms with Crippen LogP contribution in [-0.2, 0) is 9.30 Å². The van der Waals surface area contributed by atoms with E-state index in [0.717, 1.165) is 0 Å². The van der Waals surface area contributed by atoms with Crippen LogP contribution in [0.1, 0.15) is 6.92 Å². The Morgan fingerprint density at radius 1 is 1.55 bits per heavy atom. The number of hydrogen-bond acceptors (Lipinski definition) is 3. The molecule has 5 N–H and O–H groups in total. The minimum atomic E-state index is -4.64. The van der Waals surface area contributed by atoms with E-state index in [1.807, 2.05) is 0 Å². The first-order chi connectivity index (χ1) is 4.77. The van der Waals surface area contributed by atoms with E-state index in [1.54, 1.807) is 6.92 Å². The lowest BCUT2D eigenvalue weighted by Crippen LogP contribution is -2.11. The molecule has 0 atom stereocenters. The molecule has 0 heterocycles. The lowest BCUT2D eigenvalue weighted by atomic mass is 10.9. The standard InChI is InChI=1S/C3H7NO2.H3O4P/c1-2-6-3(4)5;1-5(2,3)4/h2H2,1H3,(H2,4,5);(H3,1,2,3,4). The summed E-state index contributed by atoms with van der Waals surface area (Å²) in [5.74, 6) is 0. The van der Waals surface area contributed by atoms with E-state index in [0.29, 0.717) is 6.61 Å². The monoisotopic (exact) mass is 187 g/mol. The molecule has 11 heavy (non-hydrogen) atoms. The topological polar surface area (TPSA) is 130 Å². The van der Waals surface area contributed by atoms with Gasteiger partial charge in [-0.25, -0.2) is 9.36 Å². The van der Waals surface area contributed by atoms with Crippen LogP contribution in [0.15, 0.2) is 0 Å². The molecule has 0 spiro atoms. The van der Waals surface area contributed by atoms with Gasteiger partial charge in [0.1, 0.15) is 0 Å². The molecule has 1 amide bonds. The third-order valence-electron chi connectivity index (χ3n) is 0.287. The first kappa shape index (κ1) is 13.0. The van der Waals surface area contributed by atoms with Crippen molar-refractivity contribution in [2.24, 2.45) is 5.73 Å². The quantitative estimate of drug-likeness (QED) is 0.396. The van der Waals surface area contributed by atoms with Crippen LogP contribution in [-0.4, -0.2) is 27.4 Å². The normalized spacial score (nSPS) is 9.45. The second-order valence-corrected chi connectivity index (χ2v) is 2.29. The van der Waals surface area contributed by atoms with Gasteiger partial charge in [-0.05, 0) is 6.92 Å². The number of phosphoric acid groups is 1.